The van der Waals surface area contributed by atoms with Gasteiger partial charge in [0.1, 0.15) is 5.75 Å². The zero-order valence-corrected chi connectivity index (χ0v) is 9.70. The quantitative estimate of drug-likeness (QED) is 0.827. The molecule has 0 saturated heterocycles. The Morgan fingerprint density at radius 3 is 2.40 bits per heavy atom. The predicted molar refractivity (Wildman–Crippen MR) is 59.1 cm³/mol. The lowest BCUT2D eigenvalue weighted by Gasteiger charge is -2.08. The van der Waals surface area contributed by atoms with Crippen molar-refractivity contribution in [3.05, 3.63) is 26.7 Å². The average molecular weight is 270 g/mol. The van der Waals surface area contributed by atoms with Crippen LogP contribution in [0.5, 0.6) is 5.75 Å². The summed E-state index contributed by atoms with van der Waals surface area (Å²) in [5, 5.41) is 18.4. The molecule has 0 fully saturated rings. The topological polar surface area (TPSA) is 57.5 Å². The number of carboxylic acid groups (broad SMARTS) is 1. The fourth-order valence-corrected chi connectivity index (χ4v) is 1.84. The summed E-state index contributed by atoms with van der Waals surface area (Å²) in [7, 11) is 0. The minimum atomic E-state index is -0.985. The summed E-state index contributed by atoms with van der Waals surface area (Å²) in [5.41, 5.74) is 0.261. The first kappa shape index (κ1) is 12.4. The number of phenolic OH excluding ortho intramolecular Hbond substituents is 1. The Kier molecular flexibility index (Phi) is 4.08. The first-order valence-electron chi connectivity index (χ1n) is 4.00. The third-order valence-electron chi connectivity index (χ3n) is 1.83. The van der Waals surface area contributed by atoms with Gasteiger partial charge >= 0.3 is 5.97 Å². The van der Waals surface area contributed by atoms with Gasteiger partial charge in [-0.3, -0.25) is 4.79 Å². The van der Waals surface area contributed by atoms with Crippen LogP contribution in [0.1, 0.15) is 12.0 Å². The lowest BCUT2D eigenvalue weighted by molar-refractivity contribution is -0.136. The lowest BCUT2D eigenvalue weighted by Crippen LogP contribution is -1.98. The maximum absolute atomic E-state index is 10.4. The van der Waals surface area contributed by atoms with Gasteiger partial charge in [0.05, 0.1) is 15.1 Å². The fraction of sp³-hybridized carbons (Fsp3) is 0.222. The summed E-state index contributed by atoms with van der Waals surface area (Å²) in [5.74, 6) is -1.20. The minimum Gasteiger partial charge on any atom is -0.506 e. The van der Waals surface area contributed by atoms with E-state index in [4.69, 9.17) is 39.9 Å². The van der Waals surface area contributed by atoms with Gasteiger partial charge in [-0.1, -0.05) is 34.8 Å². The number of aliphatic carboxylic acids is 1. The molecule has 0 aliphatic rings. The molecule has 82 valence electrons. The Bertz CT molecular complexity index is 378. The van der Waals surface area contributed by atoms with Crippen molar-refractivity contribution in [3.8, 4) is 5.75 Å². The summed E-state index contributed by atoms with van der Waals surface area (Å²) < 4.78 is 0. The molecule has 0 amide bonds. The standard InChI is InChI=1S/C9H7Cl3O3/c10-5-3-6(11)9(15)4(8(5)12)1-2-7(13)14/h3,15H,1-2H2,(H,13,14). The first-order chi connectivity index (χ1) is 6.93. The Balaban J connectivity index is 3.09. The third kappa shape index (κ3) is 2.91. The molecule has 6 heteroatoms. The minimum absolute atomic E-state index is 0.0600. The van der Waals surface area contributed by atoms with Crippen LogP contribution in [0.3, 0.4) is 0 Å². The van der Waals surface area contributed by atoms with Gasteiger partial charge in [0.25, 0.3) is 0 Å². The van der Waals surface area contributed by atoms with Crippen molar-refractivity contribution >= 4 is 40.8 Å². The summed E-state index contributed by atoms with van der Waals surface area (Å²) in [6, 6.07) is 1.31. The zero-order valence-electron chi connectivity index (χ0n) is 7.43. The largest absolute Gasteiger partial charge is 0.506 e. The van der Waals surface area contributed by atoms with Gasteiger partial charge in [0.15, 0.2) is 0 Å². The number of benzene rings is 1. The Morgan fingerprint density at radius 2 is 1.87 bits per heavy atom. The number of rotatable bonds is 3. The van der Waals surface area contributed by atoms with Crippen molar-refractivity contribution < 1.29 is 15.0 Å². The molecule has 0 heterocycles. The molecule has 0 spiro atoms. The van der Waals surface area contributed by atoms with Gasteiger partial charge in [-0.2, -0.15) is 0 Å². The molecule has 0 aliphatic heterocycles. The van der Waals surface area contributed by atoms with Crippen molar-refractivity contribution in [2.45, 2.75) is 12.8 Å². The number of halogens is 3. The van der Waals surface area contributed by atoms with Gasteiger partial charge in [0, 0.05) is 12.0 Å². The number of hydrogen-bond acceptors (Lipinski definition) is 2. The molecule has 1 aromatic carbocycles. The summed E-state index contributed by atoms with van der Waals surface area (Å²) in [4.78, 5) is 10.4. The predicted octanol–water partition coefficient (Wildman–Crippen LogP) is 3.37. The van der Waals surface area contributed by atoms with Crippen LogP contribution in [-0.4, -0.2) is 16.2 Å². The summed E-state index contributed by atoms with van der Waals surface area (Å²) >= 11 is 17.2. The molecule has 1 aromatic rings. The van der Waals surface area contributed by atoms with E-state index in [1.54, 1.807) is 0 Å². The lowest BCUT2D eigenvalue weighted by atomic mass is 10.1. The molecule has 1 rings (SSSR count). The van der Waals surface area contributed by atoms with E-state index in [0.717, 1.165) is 0 Å². The molecule has 15 heavy (non-hydrogen) atoms. The van der Waals surface area contributed by atoms with Crippen LogP contribution < -0.4 is 0 Å². The van der Waals surface area contributed by atoms with Gasteiger partial charge in [-0.15, -0.1) is 0 Å². The van der Waals surface area contributed by atoms with Crippen LogP contribution in [0.15, 0.2) is 6.07 Å². The molecule has 0 saturated carbocycles. The number of hydrogen-bond donors (Lipinski definition) is 2. The first-order valence-corrected chi connectivity index (χ1v) is 5.14. The van der Waals surface area contributed by atoms with Crippen LogP contribution >= 0.6 is 34.8 Å². The van der Waals surface area contributed by atoms with Crippen molar-refractivity contribution in [1.29, 1.82) is 0 Å². The number of phenols is 1. The van der Waals surface area contributed by atoms with Crippen LogP contribution in [0, 0.1) is 0 Å². The van der Waals surface area contributed by atoms with Crippen molar-refractivity contribution in [1.82, 2.24) is 0 Å². The number of aromatic hydroxyl groups is 1. The highest BCUT2D eigenvalue weighted by Crippen LogP contribution is 2.38. The molecular formula is C9H7Cl3O3. The molecule has 0 aromatic heterocycles. The highest BCUT2D eigenvalue weighted by molar-refractivity contribution is 6.44. The average Bonchev–Trinajstić information content (AvgIpc) is 2.14. The van der Waals surface area contributed by atoms with Crippen molar-refractivity contribution in [2.24, 2.45) is 0 Å². The summed E-state index contributed by atoms with van der Waals surface area (Å²) in [6.45, 7) is 0. The van der Waals surface area contributed by atoms with Crippen LogP contribution in [-0.2, 0) is 11.2 Å². The maximum atomic E-state index is 10.4. The molecule has 0 radical (unpaired) electrons. The number of carbonyl (C=O) groups is 1. The van der Waals surface area contributed by atoms with E-state index in [-0.39, 0.29) is 39.2 Å². The van der Waals surface area contributed by atoms with Gasteiger partial charge in [-0.05, 0) is 12.5 Å². The van der Waals surface area contributed by atoms with Gasteiger partial charge in [0.2, 0.25) is 0 Å². The monoisotopic (exact) mass is 268 g/mol. The maximum Gasteiger partial charge on any atom is 0.303 e. The van der Waals surface area contributed by atoms with Crippen LogP contribution in [0.4, 0.5) is 0 Å². The van der Waals surface area contributed by atoms with E-state index >= 15 is 0 Å². The molecule has 0 bridgehead atoms. The number of carboxylic acids is 1. The van der Waals surface area contributed by atoms with Crippen molar-refractivity contribution in [2.75, 3.05) is 0 Å². The zero-order chi connectivity index (χ0) is 11.6. The molecule has 0 unspecified atom stereocenters. The molecule has 0 atom stereocenters. The van der Waals surface area contributed by atoms with E-state index in [2.05, 4.69) is 0 Å². The molecular weight excluding hydrogens is 262 g/mol. The second-order valence-electron chi connectivity index (χ2n) is 2.88. The van der Waals surface area contributed by atoms with E-state index < -0.39 is 5.97 Å². The molecule has 3 nitrogen and oxygen atoms in total. The third-order valence-corrected chi connectivity index (χ3v) is 2.94. The Hall–Kier alpha value is -0.640. The second kappa shape index (κ2) is 4.92. The smallest absolute Gasteiger partial charge is 0.303 e. The van der Waals surface area contributed by atoms with E-state index in [9.17, 15) is 9.90 Å². The van der Waals surface area contributed by atoms with E-state index in [0.29, 0.717) is 0 Å². The van der Waals surface area contributed by atoms with Crippen LogP contribution in [0.2, 0.25) is 15.1 Å². The molecule has 2 N–H and O–H groups in total. The Morgan fingerprint density at radius 1 is 1.27 bits per heavy atom. The molecule has 0 aliphatic carbocycles. The van der Waals surface area contributed by atoms with Gasteiger partial charge in [-0.25, -0.2) is 0 Å². The van der Waals surface area contributed by atoms with Crippen LogP contribution in [0.25, 0.3) is 0 Å². The highest BCUT2D eigenvalue weighted by Gasteiger charge is 2.15. The fourth-order valence-electron chi connectivity index (χ4n) is 1.10. The van der Waals surface area contributed by atoms with Gasteiger partial charge < -0.3 is 10.2 Å². The normalized spacial score (nSPS) is 10.3. The highest BCUT2D eigenvalue weighted by atomic mass is 35.5. The summed E-state index contributed by atoms with van der Waals surface area (Å²) in [6.07, 6.45) is -0.0652. The second-order valence-corrected chi connectivity index (χ2v) is 4.07. The Labute approximate surface area is 101 Å². The van der Waals surface area contributed by atoms with E-state index in [1.807, 2.05) is 0 Å². The SMILES string of the molecule is O=C(O)CCc1c(O)c(Cl)cc(Cl)c1Cl. The van der Waals surface area contributed by atoms with E-state index in [1.165, 1.54) is 6.07 Å². The van der Waals surface area contributed by atoms with Crippen molar-refractivity contribution in [3.63, 3.8) is 0 Å².